The van der Waals surface area contributed by atoms with Crippen LogP contribution >= 0.6 is 0 Å². The number of hydrogen-bond donors (Lipinski definition) is 4. The minimum absolute atomic E-state index is 0.296. The molecule has 7 heteroatoms. The molecule has 0 radical (unpaired) electrons. The number of aromatic nitrogens is 4. The summed E-state index contributed by atoms with van der Waals surface area (Å²) in [4.78, 5) is 15.9. The molecule has 0 saturated heterocycles. The molecule has 0 saturated carbocycles. The minimum atomic E-state index is -0.393. The molecule has 0 spiro atoms. The number of nitrogens with one attached hydrogen (secondary N) is 3. The van der Waals surface area contributed by atoms with E-state index in [1.807, 2.05) is 6.92 Å². The van der Waals surface area contributed by atoms with Crippen molar-refractivity contribution in [2.75, 3.05) is 23.7 Å². The molecule has 2 rings (SSSR count). The molecule has 0 amide bonds. The van der Waals surface area contributed by atoms with Crippen LogP contribution in [0.1, 0.15) is 33.6 Å². The highest BCUT2D eigenvalue weighted by atomic mass is 16.3. The van der Waals surface area contributed by atoms with Crippen molar-refractivity contribution in [1.82, 2.24) is 19.9 Å². The Labute approximate surface area is 124 Å². The first-order chi connectivity index (χ1) is 10.2. The van der Waals surface area contributed by atoms with E-state index in [4.69, 9.17) is 0 Å². The van der Waals surface area contributed by atoms with Crippen LogP contribution in [-0.2, 0) is 0 Å². The van der Waals surface area contributed by atoms with Crippen molar-refractivity contribution >= 4 is 22.9 Å². The van der Waals surface area contributed by atoms with E-state index in [1.54, 1.807) is 6.33 Å². The number of aliphatic hydroxyl groups excluding tert-OH is 1. The van der Waals surface area contributed by atoms with Crippen molar-refractivity contribution < 1.29 is 5.11 Å². The van der Waals surface area contributed by atoms with Crippen LogP contribution in [0.15, 0.2) is 6.33 Å². The second kappa shape index (κ2) is 7.21. The molecular formula is C14H24N6O. The third-order valence-electron chi connectivity index (χ3n) is 3.69. The Morgan fingerprint density at radius 3 is 2.62 bits per heavy atom. The van der Waals surface area contributed by atoms with Gasteiger partial charge in [0, 0.05) is 13.1 Å². The lowest BCUT2D eigenvalue weighted by atomic mass is 9.96. The standard InChI is InChI=1S/C14H24N6O/c1-4-9(5-2)10(21)7-16-12-11-13(18-8-17-11)20-14(19-12)15-6-3/h8-10,21H,4-7H2,1-3H3,(H3,15,16,17,18,19,20). The number of fused-ring (bicyclic) bond motifs is 1. The van der Waals surface area contributed by atoms with Crippen LogP contribution in [0.25, 0.3) is 11.2 Å². The molecule has 0 bridgehead atoms. The lowest BCUT2D eigenvalue weighted by Crippen LogP contribution is -2.28. The summed E-state index contributed by atoms with van der Waals surface area (Å²) in [6.07, 6.45) is 3.13. The minimum Gasteiger partial charge on any atom is -0.391 e. The summed E-state index contributed by atoms with van der Waals surface area (Å²) < 4.78 is 0. The van der Waals surface area contributed by atoms with Crippen molar-refractivity contribution in [2.24, 2.45) is 5.92 Å². The second-order valence-electron chi connectivity index (χ2n) is 5.05. The zero-order valence-electron chi connectivity index (χ0n) is 12.8. The molecule has 21 heavy (non-hydrogen) atoms. The zero-order valence-corrected chi connectivity index (χ0v) is 12.8. The van der Waals surface area contributed by atoms with Gasteiger partial charge >= 0.3 is 0 Å². The molecule has 2 heterocycles. The van der Waals surface area contributed by atoms with Crippen molar-refractivity contribution in [3.05, 3.63) is 6.33 Å². The highest BCUT2D eigenvalue weighted by molar-refractivity contribution is 5.83. The number of rotatable bonds is 8. The largest absolute Gasteiger partial charge is 0.391 e. The van der Waals surface area contributed by atoms with Gasteiger partial charge in [0.25, 0.3) is 0 Å². The van der Waals surface area contributed by atoms with Gasteiger partial charge in [-0.15, -0.1) is 0 Å². The van der Waals surface area contributed by atoms with Gasteiger partial charge in [-0.3, -0.25) is 0 Å². The first-order valence-electron chi connectivity index (χ1n) is 7.56. The maximum absolute atomic E-state index is 10.2. The molecule has 2 aromatic rings. The van der Waals surface area contributed by atoms with E-state index in [0.717, 1.165) is 24.9 Å². The van der Waals surface area contributed by atoms with Crippen LogP contribution in [-0.4, -0.2) is 44.2 Å². The van der Waals surface area contributed by atoms with Crippen molar-refractivity contribution in [1.29, 1.82) is 0 Å². The fourth-order valence-corrected chi connectivity index (χ4v) is 2.40. The smallest absolute Gasteiger partial charge is 0.226 e. The van der Waals surface area contributed by atoms with Crippen molar-refractivity contribution in [2.45, 2.75) is 39.7 Å². The topological polar surface area (TPSA) is 98.8 Å². The summed E-state index contributed by atoms with van der Waals surface area (Å²) in [5, 5.41) is 16.5. The third kappa shape index (κ3) is 3.60. The average Bonchev–Trinajstić information content (AvgIpc) is 2.95. The van der Waals surface area contributed by atoms with Crippen molar-refractivity contribution in [3.8, 4) is 0 Å². The summed E-state index contributed by atoms with van der Waals surface area (Å²) in [6.45, 7) is 7.38. The normalized spacial score (nSPS) is 12.8. The Hall–Kier alpha value is -1.89. The van der Waals surface area contributed by atoms with Crippen LogP contribution < -0.4 is 10.6 Å². The molecule has 116 valence electrons. The predicted molar refractivity (Wildman–Crippen MR) is 84.4 cm³/mol. The van der Waals surface area contributed by atoms with Gasteiger partial charge in [0.15, 0.2) is 11.5 Å². The number of aliphatic hydroxyl groups is 1. The van der Waals surface area contributed by atoms with Crippen LogP contribution in [0, 0.1) is 5.92 Å². The summed E-state index contributed by atoms with van der Waals surface area (Å²) in [5.74, 6) is 1.50. The highest BCUT2D eigenvalue weighted by Gasteiger charge is 2.16. The molecule has 0 aliphatic heterocycles. The Kier molecular flexibility index (Phi) is 5.32. The molecular weight excluding hydrogens is 268 g/mol. The predicted octanol–water partition coefficient (Wildman–Crippen LogP) is 1.99. The second-order valence-corrected chi connectivity index (χ2v) is 5.05. The van der Waals surface area contributed by atoms with Crippen LogP contribution in [0.2, 0.25) is 0 Å². The number of aromatic amines is 1. The van der Waals surface area contributed by atoms with E-state index >= 15 is 0 Å². The van der Waals surface area contributed by atoms with Gasteiger partial charge in [0.1, 0.15) is 5.52 Å². The highest BCUT2D eigenvalue weighted by Crippen LogP contribution is 2.20. The number of hydrogen-bond acceptors (Lipinski definition) is 6. The maximum Gasteiger partial charge on any atom is 0.226 e. The summed E-state index contributed by atoms with van der Waals surface area (Å²) in [5.41, 5.74) is 1.37. The average molecular weight is 292 g/mol. The molecule has 1 unspecified atom stereocenters. The van der Waals surface area contributed by atoms with E-state index in [-0.39, 0.29) is 0 Å². The Bertz CT molecular complexity index is 566. The molecule has 4 N–H and O–H groups in total. The van der Waals surface area contributed by atoms with Gasteiger partial charge in [-0.25, -0.2) is 4.98 Å². The number of imidazole rings is 1. The van der Waals surface area contributed by atoms with Gasteiger partial charge in [-0.05, 0) is 12.8 Å². The van der Waals surface area contributed by atoms with Gasteiger partial charge in [0.05, 0.1) is 12.4 Å². The maximum atomic E-state index is 10.2. The molecule has 1 atom stereocenters. The molecule has 2 aromatic heterocycles. The van der Waals surface area contributed by atoms with E-state index in [1.165, 1.54) is 0 Å². The molecule has 7 nitrogen and oxygen atoms in total. The van der Waals surface area contributed by atoms with Gasteiger partial charge in [-0.2, -0.15) is 9.97 Å². The first-order valence-corrected chi connectivity index (χ1v) is 7.56. The Morgan fingerprint density at radius 2 is 1.95 bits per heavy atom. The molecule has 0 aliphatic rings. The van der Waals surface area contributed by atoms with E-state index in [9.17, 15) is 5.11 Å². The van der Waals surface area contributed by atoms with Crippen LogP contribution in [0.3, 0.4) is 0 Å². The quantitative estimate of drug-likeness (QED) is 0.594. The van der Waals surface area contributed by atoms with Crippen molar-refractivity contribution in [3.63, 3.8) is 0 Å². The van der Waals surface area contributed by atoms with E-state index in [0.29, 0.717) is 29.9 Å². The van der Waals surface area contributed by atoms with Crippen LogP contribution in [0.5, 0.6) is 0 Å². The lowest BCUT2D eigenvalue weighted by Gasteiger charge is -2.20. The van der Waals surface area contributed by atoms with Crippen LogP contribution in [0.4, 0.5) is 11.8 Å². The number of H-pyrrole nitrogens is 1. The third-order valence-corrected chi connectivity index (χ3v) is 3.69. The SMILES string of the molecule is CCNc1nc(NCC(O)C(CC)CC)c2[nH]cnc2n1. The lowest BCUT2D eigenvalue weighted by molar-refractivity contribution is 0.114. The van der Waals surface area contributed by atoms with Gasteiger partial charge < -0.3 is 20.7 Å². The molecule has 0 aliphatic carbocycles. The number of nitrogens with zero attached hydrogens (tertiary/aromatic N) is 3. The van der Waals surface area contributed by atoms with Gasteiger partial charge in [0.2, 0.25) is 5.95 Å². The molecule has 0 fully saturated rings. The summed E-state index contributed by atoms with van der Waals surface area (Å²) in [7, 11) is 0. The zero-order chi connectivity index (χ0) is 15.2. The monoisotopic (exact) mass is 292 g/mol. The fourth-order valence-electron chi connectivity index (χ4n) is 2.40. The Balaban J connectivity index is 2.15. The number of anilines is 2. The van der Waals surface area contributed by atoms with E-state index in [2.05, 4.69) is 44.4 Å². The van der Waals surface area contributed by atoms with Gasteiger partial charge in [-0.1, -0.05) is 26.7 Å². The molecule has 0 aromatic carbocycles. The Morgan fingerprint density at radius 1 is 1.19 bits per heavy atom. The van der Waals surface area contributed by atoms with E-state index < -0.39 is 6.10 Å². The summed E-state index contributed by atoms with van der Waals surface area (Å²) >= 11 is 0. The fraction of sp³-hybridized carbons (Fsp3) is 0.643. The first kappa shape index (κ1) is 15.5. The summed E-state index contributed by atoms with van der Waals surface area (Å²) in [6, 6.07) is 0.